The van der Waals surface area contributed by atoms with Crippen molar-refractivity contribution in [1.82, 2.24) is 9.97 Å². The molecule has 46 heavy (non-hydrogen) atoms. The molecule has 216 valence electrons. The fraction of sp³-hybridized carbons (Fsp3) is 0. The molecule has 0 N–H and O–H groups in total. The van der Waals surface area contributed by atoms with Gasteiger partial charge in [-0.15, -0.1) is 0 Å². The molecule has 0 amide bonds. The average molecular weight is 587 g/mol. The van der Waals surface area contributed by atoms with Crippen molar-refractivity contribution in [3.63, 3.8) is 0 Å². The standard InChI is InChI=1S/C44H30N2/c1-3-13-31(14-4-1)33-17-9-18-34(27-33)35-19-10-20-36(28-35)37-21-11-22-38(29-37)39-23-12-24-40(30-39)43-41-25-7-8-26-42(41)45-44(46-43)32-15-5-2-6-16-32/h1-30H. The number of fused-ring (bicyclic) bond motifs is 1. The summed E-state index contributed by atoms with van der Waals surface area (Å²) in [6.07, 6.45) is 0. The first-order chi connectivity index (χ1) is 22.8. The Morgan fingerprint density at radius 2 is 0.630 bits per heavy atom. The molecule has 8 rings (SSSR count). The molecule has 0 atom stereocenters. The van der Waals surface area contributed by atoms with E-state index in [2.05, 4.69) is 158 Å². The van der Waals surface area contributed by atoms with Crippen LogP contribution in [-0.4, -0.2) is 9.97 Å². The van der Waals surface area contributed by atoms with Gasteiger partial charge in [-0.05, 0) is 74.8 Å². The zero-order valence-corrected chi connectivity index (χ0v) is 25.2. The molecule has 1 heterocycles. The lowest BCUT2D eigenvalue weighted by Gasteiger charge is -2.12. The van der Waals surface area contributed by atoms with Gasteiger partial charge in [0.05, 0.1) is 11.2 Å². The first-order valence-electron chi connectivity index (χ1n) is 15.6. The van der Waals surface area contributed by atoms with E-state index in [-0.39, 0.29) is 0 Å². The van der Waals surface area contributed by atoms with Crippen LogP contribution >= 0.6 is 0 Å². The zero-order chi connectivity index (χ0) is 30.7. The summed E-state index contributed by atoms with van der Waals surface area (Å²) in [5.41, 5.74) is 13.5. The molecule has 0 spiro atoms. The maximum absolute atomic E-state index is 5.09. The minimum atomic E-state index is 0.732. The Balaban J connectivity index is 1.15. The van der Waals surface area contributed by atoms with Crippen molar-refractivity contribution in [3.05, 3.63) is 182 Å². The lowest BCUT2D eigenvalue weighted by Crippen LogP contribution is -1.95. The average Bonchev–Trinajstić information content (AvgIpc) is 3.15. The number of para-hydroxylation sites is 1. The first kappa shape index (κ1) is 27.4. The second-order valence-electron chi connectivity index (χ2n) is 11.5. The Bertz CT molecular complexity index is 2310. The van der Waals surface area contributed by atoms with Crippen LogP contribution in [0, 0.1) is 0 Å². The van der Waals surface area contributed by atoms with Gasteiger partial charge in [-0.3, -0.25) is 0 Å². The van der Waals surface area contributed by atoms with Gasteiger partial charge in [0.1, 0.15) is 0 Å². The Morgan fingerprint density at radius 3 is 1.15 bits per heavy atom. The van der Waals surface area contributed by atoms with Crippen LogP contribution in [0.25, 0.3) is 78.1 Å². The van der Waals surface area contributed by atoms with E-state index >= 15 is 0 Å². The van der Waals surface area contributed by atoms with E-state index in [1.807, 2.05) is 24.3 Å². The van der Waals surface area contributed by atoms with E-state index in [1.165, 1.54) is 33.4 Å². The summed E-state index contributed by atoms with van der Waals surface area (Å²) in [7, 11) is 0. The third kappa shape index (κ3) is 5.49. The summed E-state index contributed by atoms with van der Waals surface area (Å²) in [4.78, 5) is 9.99. The summed E-state index contributed by atoms with van der Waals surface area (Å²) in [5.74, 6) is 0.732. The first-order valence-corrected chi connectivity index (χ1v) is 15.6. The van der Waals surface area contributed by atoms with E-state index < -0.39 is 0 Å². The largest absolute Gasteiger partial charge is 0.228 e. The molecule has 0 radical (unpaired) electrons. The summed E-state index contributed by atoms with van der Waals surface area (Å²) in [6.45, 7) is 0. The highest BCUT2D eigenvalue weighted by atomic mass is 14.9. The zero-order valence-electron chi connectivity index (χ0n) is 25.2. The van der Waals surface area contributed by atoms with Crippen molar-refractivity contribution in [2.75, 3.05) is 0 Å². The molecule has 0 bridgehead atoms. The lowest BCUT2D eigenvalue weighted by molar-refractivity contribution is 1.23. The molecule has 0 unspecified atom stereocenters. The second kappa shape index (κ2) is 12.1. The third-order valence-electron chi connectivity index (χ3n) is 8.47. The molecule has 1 aromatic heterocycles. The second-order valence-corrected chi connectivity index (χ2v) is 11.5. The lowest BCUT2D eigenvalue weighted by atomic mass is 9.94. The normalized spacial score (nSPS) is 11.0. The van der Waals surface area contributed by atoms with Crippen molar-refractivity contribution in [2.45, 2.75) is 0 Å². The van der Waals surface area contributed by atoms with Gasteiger partial charge in [-0.2, -0.15) is 0 Å². The van der Waals surface area contributed by atoms with Crippen LogP contribution in [0.5, 0.6) is 0 Å². The van der Waals surface area contributed by atoms with E-state index in [0.717, 1.165) is 44.7 Å². The Kier molecular flexibility index (Phi) is 7.22. The van der Waals surface area contributed by atoms with Crippen molar-refractivity contribution in [3.8, 4) is 67.2 Å². The van der Waals surface area contributed by atoms with E-state index in [9.17, 15) is 0 Å². The van der Waals surface area contributed by atoms with Gasteiger partial charge < -0.3 is 0 Å². The maximum atomic E-state index is 5.09. The van der Waals surface area contributed by atoms with Gasteiger partial charge in [-0.1, -0.05) is 152 Å². The van der Waals surface area contributed by atoms with Crippen LogP contribution in [0.4, 0.5) is 0 Å². The van der Waals surface area contributed by atoms with Gasteiger partial charge in [0.15, 0.2) is 5.82 Å². The van der Waals surface area contributed by atoms with Crippen molar-refractivity contribution < 1.29 is 0 Å². The molecule has 0 aliphatic heterocycles. The Labute approximate surface area is 269 Å². The molecule has 7 aromatic carbocycles. The minimum Gasteiger partial charge on any atom is -0.228 e. The SMILES string of the molecule is c1ccc(-c2cccc(-c3cccc(-c4cccc(-c5cccc(-c6nc(-c7ccccc7)nc7ccccc67)c5)c4)c3)c2)cc1. The van der Waals surface area contributed by atoms with Crippen LogP contribution in [0.2, 0.25) is 0 Å². The van der Waals surface area contributed by atoms with Gasteiger partial charge in [-0.25, -0.2) is 9.97 Å². The quantitative estimate of drug-likeness (QED) is 0.194. The number of hydrogen-bond donors (Lipinski definition) is 0. The summed E-state index contributed by atoms with van der Waals surface area (Å²) in [6, 6.07) is 64.1. The van der Waals surface area contributed by atoms with Gasteiger partial charge in [0, 0.05) is 16.5 Å². The highest BCUT2D eigenvalue weighted by molar-refractivity contribution is 5.94. The summed E-state index contributed by atoms with van der Waals surface area (Å²) >= 11 is 0. The maximum Gasteiger partial charge on any atom is 0.160 e. The predicted molar refractivity (Wildman–Crippen MR) is 192 cm³/mol. The van der Waals surface area contributed by atoms with Crippen molar-refractivity contribution in [1.29, 1.82) is 0 Å². The van der Waals surface area contributed by atoms with Gasteiger partial charge in [0.25, 0.3) is 0 Å². The number of benzene rings is 7. The molecule has 2 nitrogen and oxygen atoms in total. The van der Waals surface area contributed by atoms with Crippen molar-refractivity contribution in [2.24, 2.45) is 0 Å². The van der Waals surface area contributed by atoms with Gasteiger partial charge >= 0.3 is 0 Å². The molecule has 2 heteroatoms. The summed E-state index contributed by atoms with van der Waals surface area (Å²) in [5, 5.41) is 1.04. The topological polar surface area (TPSA) is 25.8 Å². The Hall–Kier alpha value is -6.12. The number of aromatic nitrogens is 2. The van der Waals surface area contributed by atoms with E-state index in [4.69, 9.17) is 9.97 Å². The molecular weight excluding hydrogens is 556 g/mol. The molecule has 8 aromatic rings. The molecule has 0 saturated heterocycles. The molecular formula is C44H30N2. The van der Waals surface area contributed by atoms with Crippen LogP contribution in [-0.2, 0) is 0 Å². The summed E-state index contributed by atoms with van der Waals surface area (Å²) < 4.78 is 0. The molecule has 0 aliphatic rings. The Morgan fingerprint density at radius 1 is 0.261 bits per heavy atom. The van der Waals surface area contributed by atoms with E-state index in [0.29, 0.717) is 0 Å². The van der Waals surface area contributed by atoms with Crippen LogP contribution in [0.3, 0.4) is 0 Å². The minimum absolute atomic E-state index is 0.732. The number of hydrogen-bond acceptors (Lipinski definition) is 2. The predicted octanol–water partition coefficient (Wildman–Crippen LogP) is 11.6. The molecule has 0 fully saturated rings. The van der Waals surface area contributed by atoms with Crippen LogP contribution in [0.1, 0.15) is 0 Å². The highest BCUT2D eigenvalue weighted by Crippen LogP contribution is 2.34. The molecule has 0 saturated carbocycles. The van der Waals surface area contributed by atoms with Crippen LogP contribution < -0.4 is 0 Å². The van der Waals surface area contributed by atoms with Crippen LogP contribution in [0.15, 0.2) is 182 Å². The fourth-order valence-electron chi connectivity index (χ4n) is 6.12. The highest BCUT2D eigenvalue weighted by Gasteiger charge is 2.13. The number of nitrogens with zero attached hydrogens (tertiary/aromatic N) is 2. The smallest absolute Gasteiger partial charge is 0.160 e. The third-order valence-corrected chi connectivity index (χ3v) is 8.47. The fourth-order valence-corrected chi connectivity index (χ4v) is 6.12. The monoisotopic (exact) mass is 586 g/mol. The van der Waals surface area contributed by atoms with Crippen molar-refractivity contribution >= 4 is 10.9 Å². The molecule has 0 aliphatic carbocycles. The van der Waals surface area contributed by atoms with E-state index in [1.54, 1.807) is 0 Å². The number of rotatable bonds is 6. The van der Waals surface area contributed by atoms with Gasteiger partial charge in [0.2, 0.25) is 0 Å².